The van der Waals surface area contributed by atoms with Crippen LogP contribution >= 0.6 is 0 Å². The van der Waals surface area contributed by atoms with Gasteiger partial charge >= 0.3 is 0 Å². The zero-order valence-corrected chi connectivity index (χ0v) is 7.84. The van der Waals surface area contributed by atoms with Crippen LogP contribution in [0.5, 0.6) is 0 Å². The second-order valence-corrected chi connectivity index (χ2v) is 3.78. The van der Waals surface area contributed by atoms with Crippen molar-refractivity contribution in [3.05, 3.63) is 29.6 Å². The predicted octanol–water partition coefficient (Wildman–Crippen LogP) is 1.68. The number of rotatable bonds is 2. The van der Waals surface area contributed by atoms with Crippen LogP contribution < -0.4 is 5.73 Å². The standard InChI is InChI=1S/C10H14FNO/c1-10(2,6-13)7-3-4-8(11)9(12)5-7/h3-5,13H,6,12H2,1-2H3. The van der Waals surface area contributed by atoms with Crippen molar-refractivity contribution in [2.24, 2.45) is 0 Å². The monoisotopic (exact) mass is 183 g/mol. The maximum absolute atomic E-state index is 12.8. The van der Waals surface area contributed by atoms with Crippen LogP contribution in [0.25, 0.3) is 0 Å². The molecule has 1 aromatic carbocycles. The Morgan fingerprint density at radius 2 is 2.08 bits per heavy atom. The third-order valence-electron chi connectivity index (χ3n) is 2.17. The molecule has 3 heteroatoms. The van der Waals surface area contributed by atoms with Gasteiger partial charge in [0.05, 0.1) is 12.3 Å². The second-order valence-electron chi connectivity index (χ2n) is 3.78. The fourth-order valence-electron chi connectivity index (χ4n) is 1.06. The Bertz CT molecular complexity index is 310. The minimum absolute atomic E-state index is 0.0120. The molecule has 13 heavy (non-hydrogen) atoms. The van der Waals surface area contributed by atoms with E-state index >= 15 is 0 Å². The van der Waals surface area contributed by atoms with E-state index in [0.29, 0.717) is 0 Å². The number of halogens is 1. The summed E-state index contributed by atoms with van der Waals surface area (Å²) in [6.07, 6.45) is 0. The molecule has 0 spiro atoms. The van der Waals surface area contributed by atoms with E-state index in [9.17, 15) is 4.39 Å². The molecule has 72 valence electrons. The van der Waals surface area contributed by atoms with Crippen molar-refractivity contribution in [3.8, 4) is 0 Å². The molecule has 0 atom stereocenters. The van der Waals surface area contributed by atoms with Crippen LogP contribution in [0.3, 0.4) is 0 Å². The molecular formula is C10H14FNO. The van der Waals surface area contributed by atoms with Gasteiger partial charge in [0.1, 0.15) is 5.82 Å². The lowest BCUT2D eigenvalue weighted by Gasteiger charge is -2.22. The molecule has 0 radical (unpaired) electrons. The third kappa shape index (κ3) is 1.98. The minimum Gasteiger partial charge on any atom is -0.396 e. The topological polar surface area (TPSA) is 46.2 Å². The lowest BCUT2D eigenvalue weighted by atomic mass is 9.85. The van der Waals surface area contributed by atoms with Gasteiger partial charge in [-0.1, -0.05) is 19.9 Å². The summed E-state index contributed by atoms with van der Waals surface area (Å²) in [5, 5.41) is 9.07. The average molecular weight is 183 g/mol. The Balaban J connectivity index is 3.10. The van der Waals surface area contributed by atoms with Crippen molar-refractivity contribution < 1.29 is 9.50 Å². The lowest BCUT2D eigenvalue weighted by Crippen LogP contribution is -2.22. The van der Waals surface area contributed by atoms with Crippen LogP contribution in [0, 0.1) is 5.82 Å². The highest BCUT2D eigenvalue weighted by molar-refractivity contribution is 5.44. The SMILES string of the molecule is CC(C)(CO)c1ccc(F)c(N)c1. The van der Waals surface area contributed by atoms with Crippen LogP contribution in [-0.2, 0) is 5.41 Å². The largest absolute Gasteiger partial charge is 0.396 e. The normalized spacial score (nSPS) is 11.7. The van der Waals surface area contributed by atoms with Crippen LogP contribution in [0.4, 0.5) is 10.1 Å². The summed E-state index contributed by atoms with van der Waals surface area (Å²) >= 11 is 0. The van der Waals surface area contributed by atoms with Crippen molar-refractivity contribution in [1.29, 1.82) is 0 Å². The van der Waals surface area contributed by atoms with Gasteiger partial charge in [-0.25, -0.2) is 4.39 Å². The van der Waals surface area contributed by atoms with E-state index in [1.165, 1.54) is 6.07 Å². The molecule has 0 saturated heterocycles. The zero-order valence-electron chi connectivity index (χ0n) is 7.84. The number of hydrogen-bond donors (Lipinski definition) is 2. The molecule has 0 bridgehead atoms. The number of hydrogen-bond acceptors (Lipinski definition) is 2. The van der Waals surface area contributed by atoms with E-state index in [0.717, 1.165) is 5.56 Å². The zero-order chi connectivity index (χ0) is 10.1. The Labute approximate surface area is 77.2 Å². The van der Waals surface area contributed by atoms with Crippen molar-refractivity contribution in [1.82, 2.24) is 0 Å². The molecule has 0 heterocycles. The van der Waals surface area contributed by atoms with Gasteiger partial charge in [0.25, 0.3) is 0 Å². The Hall–Kier alpha value is -1.09. The average Bonchev–Trinajstić information content (AvgIpc) is 2.09. The number of nitrogen functional groups attached to an aromatic ring is 1. The lowest BCUT2D eigenvalue weighted by molar-refractivity contribution is 0.218. The van der Waals surface area contributed by atoms with Crippen molar-refractivity contribution >= 4 is 5.69 Å². The first-order valence-electron chi connectivity index (χ1n) is 4.14. The van der Waals surface area contributed by atoms with Crippen LogP contribution in [0.15, 0.2) is 18.2 Å². The molecule has 0 aliphatic heterocycles. The van der Waals surface area contributed by atoms with Crippen LogP contribution in [0.2, 0.25) is 0 Å². The van der Waals surface area contributed by atoms with E-state index in [-0.39, 0.29) is 17.7 Å². The number of aliphatic hydroxyl groups excluding tert-OH is 1. The number of benzene rings is 1. The summed E-state index contributed by atoms with van der Waals surface area (Å²) in [6.45, 7) is 3.76. The Morgan fingerprint density at radius 1 is 1.46 bits per heavy atom. The van der Waals surface area contributed by atoms with Gasteiger partial charge < -0.3 is 10.8 Å². The molecule has 0 saturated carbocycles. The van der Waals surface area contributed by atoms with E-state index in [1.807, 2.05) is 13.8 Å². The summed E-state index contributed by atoms with van der Waals surface area (Å²) in [5.41, 5.74) is 6.01. The van der Waals surface area contributed by atoms with Gasteiger partial charge in [0.15, 0.2) is 0 Å². The van der Waals surface area contributed by atoms with Gasteiger partial charge in [-0.15, -0.1) is 0 Å². The van der Waals surface area contributed by atoms with Gasteiger partial charge in [-0.2, -0.15) is 0 Å². The maximum atomic E-state index is 12.8. The maximum Gasteiger partial charge on any atom is 0.146 e. The molecule has 1 aromatic rings. The fraction of sp³-hybridized carbons (Fsp3) is 0.400. The van der Waals surface area contributed by atoms with Gasteiger partial charge in [0.2, 0.25) is 0 Å². The van der Waals surface area contributed by atoms with Crippen LogP contribution in [0.1, 0.15) is 19.4 Å². The van der Waals surface area contributed by atoms with Crippen LogP contribution in [-0.4, -0.2) is 11.7 Å². The number of nitrogens with two attached hydrogens (primary N) is 1. The first-order chi connectivity index (χ1) is 5.97. The highest BCUT2D eigenvalue weighted by Gasteiger charge is 2.19. The predicted molar refractivity (Wildman–Crippen MR) is 50.9 cm³/mol. The summed E-state index contributed by atoms with van der Waals surface area (Å²) in [5.74, 6) is -0.419. The number of anilines is 1. The minimum atomic E-state index is -0.419. The molecule has 0 fully saturated rings. The van der Waals surface area contributed by atoms with E-state index in [1.54, 1.807) is 12.1 Å². The molecule has 2 nitrogen and oxygen atoms in total. The summed E-state index contributed by atoms with van der Waals surface area (Å²) in [4.78, 5) is 0. The number of aliphatic hydroxyl groups is 1. The molecule has 1 rings (SSSR count). The molecule has 0 aromatic heterocycles. The van der Waals surface area contributed by atoms with Gasteiger partial charge in [-0.05, 0) is 17.7 Å². The Morgan fingerprint density at radius 3 is 2.54 bits per heavy atom. The first kappa shape index (κ1) is 9.99. The van der Waals surface area contributed by atoms with Crippen molar-refractivity contribution in [2.75, 3.05) is 12.3 Å². The summed E-state index contributed by atoms with van der Waals surface area (Å²) in [7, 11) is 0. The van der Waals surface area contributed by atoms with Crippen molar-refractivity contribution in [3.63, 3.8) is 0 Å². The highest BCUT2D eigenvalue weighted by Crippen LogP contribution is 2.25. The van der Waals surface area contributed by atoms with Crippen molar-refractivity contribution in [2.45, 2.75) is 19.3 Å². The van der Waals surface area contributed by atoms with E-state index in [2.05, 4.69) is 0 Å². The molecule has 0 aliphatic carbocycles. The van der Waals surface area contributed by atoms with Gasteiger partial charge in [-0.3, -0.25) is 0 Å². The first-order valence-corrected chi connectivity index (χ1v) is 4.14. The molecule has 0 aliphatic rings. The van der Waals surface area contributed by atoms with E-state index in [4.69, 9.17) is 10.8 Å². The Kier molecular flexibility index (Phi) is 2.57. The molecule has 0 amide bonds. The summed E-state index contributed by atoms with van der Waals surface area (Å²) in [6, 6.07) is 4.52. The van der Waals surface area contributed by atoms with Gasteiger partial charge in [0, 0.05) is 5.41 Å². The summed E-state index contributed by atoms with van der Waals surface area (Å²) < 4.78 is 12.8. The van der Waals surface area contributed by atoms with E-state index < -0.39 is 5.82 Å². The second kappa shape index (κ2) is 3.34. The third-order valence-corrected chi connectivity index (χ3v) is 2.17. The quantitative estimate of drug-likeness (QED) is 0.685. The molecule has 0 unspecified atom stereocenters. The smallest absolute Gasteiger partial charge is 0.146 e. The molecule has 3 N–H and O–H groups in total. The highest BCUT2D eigenvalue weighted by atomic mass is 19.1. The molecular weight excluding hydrogens is 169 g/mol. The fourth-order valence-corrected chi connectivity index (χ4v) is 1.06.